The number of anilines is 1. The van der Waals surface area contributed by atoms with Gasteiger partial charge in [-0.1, -0.05) is 12.1 Å². The average Bonchev–Trinajstić information content (AvgIpc) is 2.49. The predicted octanol–water partition coefficient (Wildman–Crippen LogP) is 3.27. The van der Waals surface area contributed by atoms with Gasteiger partial charge in [0, 0.05) is 3.57 Å². The van der Waals surface area contributed by atoms with E-state index in [0.29, 0.717) is 22.7 Å². The number of aromatic hydroxyl groups is 1. The molecule has 21 heavy (non-hydrogen) atoms. The summed E-state index contributed by atoms with van der Waals surface area (Å²) in [6, 6.07) is 9.88. The van der Waals surface area contributed by atoms with Crippen molar-refractivity contribution in [2.75, 3.05) is 19.5 Å². The van der Waals surface area contributed by atoms with E-state index in [1.807, 2.05) is 0 Å². The Balaban J connectivity index is 2.33. The van der Waals surface area contributed by atoms with Crippen molar-refractivity contribution in [3.8, 4) is 17.2 Å². The third-order valence-electron chi connectivity index (χ3n) is 2.87. The minimum Gasteiger partial charge on any atom is -0.506 e. The van der Waals surface area contributed by atoms with E-state index in [-0.39, 0.29) is 11.7 Å². The number of amides is 1. The fourth-order valence-electron chi connectivity index (χ4n) is 1.80. The summed E-state index contributed by atoms with van der Waals surface area (Å²) in [4.78, 5) is 12.3. The van der Waals surface area contributed by atoms with Gasteiger partial charge in [-0.05, 0) is 46.9 Å². The topological polar surface area (TPSA) is 67.8 Å². The van der Waals surface area contributed by atoms with Crippen molar-refractivity contribution in [1.82, 2.24) is 0 Å². The van der Waals surface area contributed by atoms with E-state index in [2.05, 4.69) is 27.9 Å². The smallest absolute Gasteiger partial charge is 0.256 e. The number of para-hydroxylation sites is 2. The minimum atomic E-state index is -0.332. The number of phenols is 1. The normalized spacial score (nSPS) is 10.0. The molecule has 6 heteroatoms. The second-order valence-corrected chi connectivity index (χ2v) is 5.32. The lowest BCUT2D eigenvalue weighted by atomic mass is 10.1. The number of methoxy groups -OCH3 is 2. The zero-order valence-corrected chi connectivity index (χ0v) is 13.7. The van der Waals surface area contributed by atoms with Crippen LogP contribution in [-0.2, 0) is 0 Å². The number of phenolic OH excluding ortho intramolecular Hbond substituents is 1. The van der Waals surface area contributed by atoms with Crippen molar-refractivity contribution in [3.05, 3.63) is 45.5 Å². The quantitative estimate of drug-likeness (QED) is 0.612. The van der Waals surface area contributed by atoms with Crippen molar-refractivity contribution >= 4 is 34.2 Å². The summed E-state index contributed by atoms with van der Waals surface area (Å²) in [6.07, 6.45) is 0. The third kappa shape index (κ3) is 3.38. The summed E-state index contributed by atoms with van der Waals surface area (Å²) in [7, 11) is 3.05. The lowest BCUT2D eigenvalue weighted by Crippen LogP contribution is -2.14. The van der Waals surface area contributed by atoms with Crippen LogP contribution in [0.15, 0.2) is 36.4 Å². The monoisotopic (exact) mass is 399 g/mol. The standard InChI is InChI=1S/C15H14INO4/c1-20-13-7-9(10(16)8-14(13)21-2)15(19)17-11-5-3-4-6-12(11)18/h3-8,18H,1-2H3,(H,17,19). The molecule has 2 aromatic rings. The first-order valence-corrected chi connectivity index (χ1v) is 7.15. The third-order valence-corrected chi connectivity index (χ3v) is 3.76. The van der Waals surface area contributed by atoms with E-state index >= 15 is 0 Å². The van der Waals surface area contributed by atoms with E-state index in [1.54, 1.807) is 30.3 Å². The van der Waals surface area contributed by atoms with E-state index in [1.165, 1.54) is 20.3 Å². The van der Waals surface area contributed by atoms with Crippen LogP contribution >= 0.6 is 22.6 Å². The van der Waals surface area contributed by atoms with Crippen LogP contribution in [0.25, 0.3) is 0 Å². The Morgan fingerprint density at radius 1 is 1.14 bits per heavy atom. The molecule has 0 spiro atoms. The highest BCUT2D eigenvalue weighted by atomic mass is 127. The van der Waals surface area contributed by atoms with E-state index in [0.717, 1.165) is 3.57 Å². The van der Waals surface area contributed by atoms with Gasteiger partial charge in [-0.15, -0.1) is 0 Å². The maximum atomic E-state index is 12.3. The average molecular weight is 399 g/mol. The molecule has 1 amide bonds. The van der Waals surface area contributed by atoms with Gasteiger partial charge in [-0.2, -0.15) is 0 Å². The minimum absolute atomic E-state index is 0.0151. The van der Waals surface area contributed by atoms with Crippen molar-refractivity contribution in [1.29, 1.82) is 0 Å². The van der Waals surface area contributed by atoms with Gasteiger partial charge in [0.2, 0.25) is 0 Å². The van der Waals surface area contributed by atoms with Crippen LogP contribution in [0.5, 0.6) is 17.2 Å². The number of nitrogens with one attached hydrogen (secondary N) is 1. The summed E-state index contributed by atoms with van der Waals surface area (Å²) < 4.78 is 11.1. The molecule has 0 aromatic heterocycles. The molecule has 0 saturated carbocycles. The summed E-state index contributed by atoms with van der Waals surface area (Å²) in [5.41, 5.74) is 0.796. The lowest BCUT2D eigenvalue weighted by Gasteiger charge is -2.12. The van der Waals surface area contributed by atoms with Crippen molar-refractivity contribution in [2.45, 2.75) is 0 Å². The van der Waals surface area contributed by atoms with Gasteiger partial charge in [0.15, 0.2) is 11.5 Å². The van der Waals surface area contributed by atoms with Gasteiger partial charge >= 0.3 is 0 Å². The summed E-state index contributed by atoms with van der Waals surface area (Å²) in [5.74, 6) is 0.713. The lowest BCUT2D eigenvalue weighted by molar-refractivity contribution is 0.102. The molecule has 0 fully saturated rings. The molecule has 0 aliphatic carbocycles. The molecule has 0 heterocycles. The fraction of sp³-hybridized carbons (Fsp3) is 0.133. The number of rotatable bonds is 4. The Bertz CT molecular complexity index is 673. The molecule has 0 saturated heterocycles. The highest BCUT2D eigenvalue weighted by molar-refractivity contribution is 14.1. The van der Waals surface area contributed by atoms with Crippen LogP contribution in [0.1, 0.15) is 10.4 Å². The Morgan fingerprint density at radius 2 is 1.76 bits per heavy atom. The molecular weight excluding hydrogens is 385 g/mol. The Labute approximate surface area is 136 Å². The Morgan fingerprint density at radius 3 is 2.38 bits per heavy atom. The van der Waals surface area contributed by atoms with E-state index in [9.17, 15) is 9.90 Å². The van der Waals surface area contributed by atoms with Gasteiger partial charge in [0.25, 0.3) is 5.91 Å². The van der Waals surface area contributed by atoms with Crippen molar-refractivity contribution in [2.24, 2.45) is 0 Å². The molecule has 0 unspecified atom stereocenters. The molecule has 0 bridgehead atoms. The highest BCUT2D eigenvalue weighted by Gasteiger charge is 2.16. The molecule has 0 aliphatic heterocycles. The zero-order valence-electron chi connectivity index (χ0n) is 11.5. The summed E-state index contributed by atoms with van der Waals surface area (Å²) in [5, 5.41) is 12.4. The van der Waals surface area contributed by atoms with Crippen LogP contribution in [0, 0.1) is 3.57 Å². The molecular formula is C15H14INO4. The maximum Gasteiger partial charge on any atom is 0.256 e. The molecule has 2 N–H and O–H groups in total. The van der Waals surface area contributed by atoms with Gasteiger partial charge in [-0.25, -0.2) is 0 Å². The number of benzene rings is 2. The number of hydrogen-bond acceptors (Lipinski definition) is 4. The maximum absolute atomic E-state index is 12.3. The van der Waals surface area contributed by atoms with Crippen LogP contribution < -0.4 is 14.8 Å². The van der Waals surface area contributed by atoms with Crippen LogP contribution in [0.2, 0.25) is 0 Å². The van der Waals surface area contributed by atoms with Crippen LogP contribution in [0.3, 0.4) is 0 Å². The number of carbonyl (C=O) groups is 1. The molecule has 5 nitrogen and oxygen atoms in total. The molecule has 110 valence electrons. The first-order chi connectivity index (χ1) is 10.1. The zero-order chi connectivity index (χ0) is 15.4. The second-order valence-electron chi connectivity index (χ2n) is 4.16. The van der Waals surface area contributed by atoms with Crippen LogP contribution in [-0.4, -0.2) is 25.2 Å². The number of carbonyl (C=O) groups excluding carboxylic acids is 1. The van der Waals surface area contributed by atoms with E-state index < -0.39 is 0 Å². The largest absolute Gasteiger partial charge is 0.506 e. The van der Waals surface area contributed by atoms with E-state index in [4.69, 9.17) is 9.47 Å². The predicted molar refractivity (Wildman–Crippen MR) is 88.3 cm³/mol. The first kappa shape index (κ1) is 15.4. The van der Waals surface area contributed by atoms with Gasteiger partial charge in [0.1, 0.15) is 5.75 Å². The summed E-state index contributed by atoms with van der Waals surface area (Å²) in [6.45, 7) is 0. The van der Waals surface area contributed by atoms with Crippen molar-refractivity contribution in [3.63, 3.8) is 0 Å². The Hall–Kier alpha value is -1.96. The molecule has 0 atom stereocenters. The second kappa shape index (κ2) is 6.66. The van der Waals surface area contributed by atoms with Gasteiger partial charge in [-0.3, -0.25) is 4.79 Å². The molecule has 2 rings (SSSR count). The highest BCUT2D eigenvalue weighted by Crippen LogP contribution is 2.32. The molecule has 2 aromatic carbocycles. The van der Waals surface area contributed by atoms with Gasteiger partial charge in [0.05, 0.1) is 25.5 Å². The van der Waals surface area contributed by atoms with Crippen molar-refractivity contribution < 1.29 is 19.4 Å². The SMILES string of the molecule is COc1cc(I)c(C(=O)Nc2ccccc2O)cc1OC. The molecule has 0 radical (unpaired) electrons. The fourth-order valence-corrected chi connectivity index (χ4v) is 2.48. The first-order valence-electron chi connectivity index (χ1n) is 6.07. The number of halogens is 1. The Kier molecular flexibility index (Phi) is 4.89. The summed E-state index contributed by atoms with van der Waals surface area (Å²) >= 11 is 2.05. The number of ether oxygens (including phenoxy) is 2. The molecule has 0 aliphatic rings. The number of hydrogen-bond donors (Lipinski definition) is 2. The van der Waals surface area contributed by atoms with Crippen LogP contribution in [0.4, 0.5) is 5.69 Å². The van der Waals surface area contributed by atoms with Gasteiger partial charge < -0.3 is 19.9 Å².